The second-order valence-electron chi connectivity index (χ2n) is 7.72. The number of hydrogen-bond donors (Lipinski definition) is 2. The smallest absolute Gasteiger partial charge is 0.251 e. The second-order valence-corrected chi connectivity index (χ2v) is 7.72. The Hall–Kier alpha value is -3.29. The zero-order chi connectivity index (χ0) is 19.8. The van der Waals surface area contributed by atoms with Crippen molar-refractivity contribution in [2.45, 2.75) is 38.6 Å². The topological polar surface area (TPSA) is 95.9 Å². The molecule has 3 aromatic rings. The number of aromatic nitrogens is 4. The summed E-state index contributed by atoms with van der Waals surface area (Å²) < 4.78 is 0. The van der Waals surface area contributed by atoms with Crippen molar-refractivity contribution in [1.82, 2.24) is 25.3 Å². The van der Waals surface area contributed by atoms with Gasteiger partial charge in [0.2, 0.25) is 5.95 Å². The molecule has 0 radical (unpaired) electrons. The number of rotatable bonds is 5. The van der Waals surface area contributed by atoms with Gasteiger partial charge in [-0.05, 0) is 50.3 Å². The van der Waals surface area contributed by atoms with E-state index in [2.05, 4.69) is 30.5 Å². The van der Waals surface area contributed by atoms with E-state index in [1.54, 1.807) is 6.20 Å². The minimum absolute atomic E-state index is 0.0401. The number of hydrogen-bond acceptors (Lipinski definition) is 7. The Bertz CT molecular complexity index is 1070. The van der Waals surface area contributed by atoms with Crippen LogP contribution in [-0.2, 0) is 0 Å². The summed E-state index contributed by atoms with van der Waals surface area (Å²) in [5, 5.41) is 6.39. The Labute approximate surface area is 168 Å². The van der Waals surface area contributed by atoms with Crippen molar-refractivity contribution >= 4 is 34.4 Å². The molecule has 2 N–H and O–H groups in total. The van der Waals surface area contributed by atoms with E-state index < -0.39 is 0 Å². The Kier molecular flexibility index (Phi) is 4.46. The van der Waals surface area contributed by atoms with Gasteiger partial charge in [0.15, 0.2) is 5.82 Å². The number of fused-ring (bicyclic) bond motifs is 1. The van der Waals surface area contributed by atoms with Crippen LogP contribution in [0.25, 0.3) is 11.0 Å². The summed E-state index contributed by atoms with van der Waals surface area (Å²) in [6.07, 6.45) is 7.69. The predicted molar refractivity (Wildman–Crippen MR) is 112 cm³/mol. The largest absolute Gasteiger partial charge is 0.349 e. The van der Waals surface area contributed by atoms with Crippen LogP contribution in [0, 0.1) is 6.92 Å². The standard InChI is InChI=1S/C21H23N7O/c1-13-4-5-14(20(29)25-15-6-7-15)10-16(13)26-19-18-17(23-12-24-19)11-22-21(27-18)28-8-2-3-9-28/h4-5,10-12,15H,2-3,6-9H2,1H3,(H,25,29)(H,23,24,26). The lowest BCUT2D eigenvalue weighted by atomic mass is 10.1. The number of nitrogens with zero attached hydrogens (tertiary/aromatic N) is 5. The van der Waals surface area contributed by atoms with E-state index in [4.69, 9.17) is 4.98 Å². The van der Waals surface area contributed by atoms with E-state index in [1.807, 2.05) is 25.1 Å². The van der Waals surface area contributed by atoms with Gasteiger partial charge < -0.3 is 15.5 Å². The van der Waals surface area contributed by atoms with Crippen LogP contribution in [-0.4, -0.2) is 45.0 Å². The summed E-state index contributed by atoms with van der Waals surface area (Å²) in [7, 11) is 0. The lowest BCUT2D eigenvalue weighted by Crippen LogP contribution is -2.25. The Morgan fingerprint density at radius 2 is 1.97 bits per heavy atom. The number of benzene rings is 1. The predicted octanol–water partition coefficient (Wildman–Crippen LogP) is 2.96. The molecule has 1 aliphatic heterocycles. The molecule has 0 atom stereocenters. The zero-order valence-corrected chi connectivity index (χ0v) is 16.4. The maximum absolute atomic E-state index is 12.4. The first-order valence-corrected chi connectivity index (χ1v) is 10.1. The monoisotopic (exact) mass is 389 g/mol. The number of aryl methyl sites for hydroxylation is 1. The molecule has 8 nitrogen and oxygen atoms in total. The molecular weight excluding hydrogens is 366 g/mol. The summed E-state index contributed by atoms with van der Waals surface area (Å²) in [6, 6.07) is 5.98. The van der Waals surface area contributed by atoms with E-state index in [1.165, 1.54) is 6.33 Å². The van der Waals surface area contributed by atoms with Crippen molar-refractivity contribution in [3.05, 3.63) is 41.9 Å². The third-order valence-corrected chi connectivity index (χ3v) is 5.42. The van der Waals surface area contributed by atoms with Crippen LogP contribution >= 0.6 is 0 Å². The van der Waals surface area contributed by atoms with Crippen LogP contribution < -0.4 is 15.5 Å². The van der Waals surface area contributed by atoms with Gasteiger partial charge in [-0.15, -0.1) is 0 Å². The quantitative estimate of drug-likeness (QED) is 0.692. The number of anilines is 3. The first-order valence-electron chi connectivity index (χ1n) is 10.1. The molecule has 148 valence electrons. The number of nitrogens with one attached hydrogen (secondary N) is 2. The van der Waals surface area contributed by atoms with Crippen LogP contribution in [0.15, 0.2) is 30.7 Å². The maximum atomic E-state index is 12.4. The molecule has 0 unspecified atom stereocenters. The van der Waals surface area contributed by atoms with Crippen LogP contribution in [0.1, 0.15) is 41.6 Å². The van der Waals surface area contributed by atoms with Gasteiger partial charge in [-0.25, -0.2) is 19.9 Å². The molecule has 2 fully saturated rings. The fraction of sp³-hybridized carbons (Fsp3) is 0.381. The van der Waals surface area contributed by atoms with E-state index in [0.717, 1.165) is 50.0 Å². The van der Waals surface area contributed by atoms with Gasteiger partial charge >= 0.3 is 0 Å². The molecule has 2 aromatic heterocycles. The molecule has 1 amide bonds. The minimum Gasteiger partial charge on any atom is -0.349 e. The average Bonchev–Trinajstić information content (AvgIpc) is 3.37. The maximum Gasteiger partial charge on any atom is 0.251 e. The summed E-state index contributed by atoms with van der Waals surface area (Å²) in [5.41, 5.74) is 3.85. The number of carbonyl (C=O) groups is 1. The molecule has 2 aliphatic rings. The van der Waals surface area contributed by atoms with Gasteiger partial charge in [0, 0.05) is 30.4 Å². The molecule has 1 saturated carbocycles. The summed E-state index contributed by atoms with van der Waals surface area (Å²) in [5.74, 6) is 1.28. The van der Waals surface area contributed by atoms with Crippen LogP contribution in [0.3, 0.4) is 0 Å². The summed E-state index contributed by atoms with van der Waals surface area (Å²) in [6.45, 7) is 3.94. The third kappa shape index (κ3) is 3.70. The molecule has 3 heterocycles. The molecule has 29 heavy (non-hydrogen) atoms. The van der Waals surface area contributed by atoms with Crippen LogP contribution in [0.2, 0.25) is 0 Å². The van der Waals surface area contributed by atoms with E-state index >= 15 is 0 Å². The van der Waals surface area contributed by atoms with E-state index in [-0.39, 0.29) is 5.91 Å². The lowest BCUT2D eigenvalue weighted by molar-refractivity contribution is 0.0951. The fourth-order valence-corrected chi connectivity index (χ4v) is 3.53. The fourth-order valence-electron chi connectivity index (χ4n) is 3.53. The summed E-state index contributed by atoms with van der Waals surface area (Å²) in [4.78, 5) is 32.5. The molecular formula is C21H23N7O. The van der Waals surface area contributed by atoms with Crippen molar-refractivity contribution in [1.29, 1.82) is 0 Å². The molecule has 5 rings (SSSR count). The van der Waals surface area contributed by atoms with E-state index in [0.29, 0.717) is 34.4 Å². The third-order valence-electron chi connectivity index (χ3n) is 5.42. The first-order chi connectivity index (χ1) is 14.2. The molecule has 1 aliphatic carbocycles. The van der Waals surface area contributed by atoms with Gasteiger partial charge in [-0.2, -0.15) is 0 Å². The summed E-state index contributed by atoms with van der Waals surface area (Å²) >= 11 is 0. The van der Waals surface area contributed by atoms with Gasteiger partial charge in [0.05, 0.1) is 6.20 Å². The Balaban J connectivity index is 1.47. The van der Waals surface area contributed by atoms with Gasteiger partial charge in [0.1, 0.15) is 17.4 Å². The SMILES string of the molecule is Cc1ccc(C(=O)NC2CC2)cc1Nc1ncnc2cnc(N3CCCC3)nc12. The molecule has 1 aromatic carbocycles. The Morgan fingerprint density at radius 3 is 2.76 bits per heavy atom. The van der Waals surface area contributed by atoms with Crippen molar-refractivity contribution in [2.75, 3.05) is 23.3 Å². The molecule has 0 spiro atoms. The van der Waals surface area contributed by atoms with Crippen molar-refractivity contribution in [3.8, 4) is 0 Å². The Morgan fingerprint density at radius 1 is 1.14 bits per heavy atom. The first kappa shape index (κ1) is 17.8. The van der Waals surface area contributed by atoms with Crippen molar-refractivity contribution in [2.24, 2.45) is 0 Å². The lowest BCUT2D eigenvalue weighted by Gasteiger charge is -2.16. The van der Waals surface area contributed by atoms with Gasteiger partial charge in [0.25, 0.3) is 5.91 Å². The molecule has 0 bridgehead atoms. The van der Waals surface area contributed by atoms with Crippen LogP contribution in [0.5, 0.6) is 0 Å². The highest BCUT2D eigenvalue weighted by Crippen LogP contribution is 2.27. The molecule has 1 saturated heterocycles. The van der Waals surface area contributed by atoms with E-state index in [9.17, 15) is 4.79 Å². The highest BCUT2D eigenvalue weighted by Gasteiger charge is 2.24. The van der Waals surface area contributed by atoms with Gasteiger partial charge in [-0.1, -0.05) is 6.07 Å². The van der Waals surface area contributed by atoms with Crippen molar-refractivity contribution < 1.29 is 4.79 Å². The number of amides is 1. The zero-order valence-electron chi connectivity index (χ0n) is 16.4. The van der Waals surface area contributed by atoms with Gasteiger partial charge in [-0.3, -0.25) is 4.79 Å². The highest BCUT2D eigenvalue weighted by molar-refractivity contribution is 5.96. The van der Waals surface area contributed by atoms with Crippen molar-refractivity contribution in [3.63, 3.8) is 0 Å². The second kappa shape index (κ2) is 7.27. The normalized spacial score (nSPS) is 16.2. The average molecular weight is 389 g/mol. The molecule has 8 heteroatoms. The highest BCUT2D eigenvalue weighted by atomic mass is 16.1. The number of carbonyl (C=O) groups excluding carboxylic acids is 1. The minimum atomic E-state index is -0.0401. The van der Waals surface area contributed by atoms with Crippen LogP contribution in [0.4, 0.5) is 17.5 Å².